The van der Waals surface area contributed by atoms with Gasteiger partial charge in [-0.15, -0.1) is 0 Å². The van der Waals surface area contributed by atoms with Crippen molar-refractivity contribution in [2.75, 3.05) is 13.3 Å². The van der Waals surface area contributed by atoms with E-state index >= 15 is 0 Å². The third kappa shape index (κ3) is 4.28. The van der Waals surface area contributed by atoms with Crippen LogP contribution >= 0.6 is 0 Å². The van der Waals surface area contributed by atoms with Gasteiger partial charge in [0, 0.05) is 24.2 Å². The zero-order valence-corrected chi connectivity index (χ0v) is 16.6. The van der Waals surface area contributed by atoms with Crippen LogP contribution in [0, 0.1) is 15.5 Å². The molecule has 1 amide bonds. The molecule has 1 fully saturated rings. The Balaban J connectivity index is 1.67. The van der Waals surface area contributed by atoms with Crippen LogP contribution in [0.15, 0.2) is 30.5 Å². The van der Waals surface area contributed by atoms with Gasteiger partial charge in [0.05, 0.1) is 10.3 Å². The van der Waals surface area contributed by atoms with E-state index in [9.17, 15) is 19.7 Å². The van der Waals surface area contributed by atoms with E-state index in [-0.39, 0.29) is 24.1 Å². The van der Waals surface area contributed by atoms with Crippen LogP contribution < -0.4 is 4.74 Å². The van der Waals surface area contributed by atoms with Crippen LogP contribution in [0.4, 0.5) is 5.69 Å². The Bertz CT molecular complexity index is 953. The van der Waals surface area contributed by atoms with Gasteiger partial charge in [0.15, 0.2) is 0 Å². The lowest BCUT2D eigenvalue weighted by atomic mass is 9.94. The van der Waals surface area contributed by atoms with Gasteiger partial charge in [-0.25, -0.2) is 4.79 Å². The Kier molecular flexibility index (Phi) is 5.67. The van der Waals surface area contributed by atoms with Gasteiger partial charge in [0.2, 0.25) is 12.7 Å². The largest absolute Gasteiger partial charge is 0.455 e. The molecule has 9 heteroatoms. The highest BCUT2D eigenvalue weighted by molar-refractivity contribution is 5.92. The maximum absolute atomic E-state index is 12.5. The monoisotopic (exact) mass is 401 g/mol. The Labute approximate surface area is 167 Å². The van der Waals surface area contributed by atoms with E-state index in [4.69, 9.17) is 9.47 Å². The number of fused-ring (bicyclic) bond motifs is 1. The second-order valence-corrected chi connectivity index (χ2v) is 7.87. The van der Waals surface area contributed by atoms with Gasteiger partial charge >= 0.3 is 5.97 Å². The number of rotatable bonds is 5. The Morgan fingerprint density at radius 3 is 2.76 bits per heavy atom. The van der Waals surface area contributed by atoms with Gasteiger partial charge < -0.3 is 14.4 Å². The van der Waals surface area contributed by atoms with E-state index in [1.165, 1.54) is 18.3 Å². The summed E-state index contributed by atoms with van der Waals surface area (Å²) in [6, 6.07) is 5.29. The summed E-state index contributed by atoms with van der Waals surface area (Å²) in [6.45, 7) is 5.58. The minimum atomic E-state index is -0.628. The molecule has 154 valence electrons. The fourth-order valence-corrected chi connectivity index (χ4v) is 3.34. The van der Waals surface area contributed by atoms with E-state index in [2.05, 4.69) is 4.98 Å². The highest BCUT2D eigenvalue weighted by Gasteiger charge is 2.39. The number of nitro groups is 1. The van der Waals surface area contributed by atoms with Crippen LogP contribution in [0.1, 0.15) is 33.6 Å². The molecule has 0 saturated carbocycles. The van der Waals surface area contributed by atoms with Crippen LogP contribution in [0.2, 0.25) is 0 Å². The summed E-state index contributed by atoms with van der Waals surface area (Å²) in [7, 11) is 0. The number of esters is 1. The van der Waals surface area contributed by atoms with Gasteiger partial charge in [-0.2, -0.15) is 0 Å². The predicted octanol–water partition coefficient (Wildman–Crippen LogP) is 3.06. The predicted molar refractivity (Wildman–Crippen MR) is 104 cm³/mol. The molecular weight excluding hydrogens is 378 g/mol. The lowest BCUT2D eigenvalue weighted by Gasteiger charge is -2.29. The molecule has 29 heavy (non-hydrogen) atoms. The number of aromatic nitrogens is 1. The third-order valence-corrected chi connectivity index (χ3v) is 4.75. The highest BCUT2D eigenvalue weighted by Crippen LogP contribution is 2.31. The molecule has 1 aliphatic rings. The standard InChI is InChI=1S/C20H23N3O6/c1-20(2,3)19(25)22-11-5-7-15(22)18(24)29-12-28-16-9-8-14(23(26)27)13-6-4-10-21-17(13)16/h4,6,8-10,15H,5,7,11-12H2,1-3H3. The molecule has 1 aromatic heterocycles. The summed E-state index contributed by atoms with van der Waals surface area (Å²) in [5.74, 6) is -0.351. The molecule has 0 N–H and O–H groups in total. The number of likely N-dealkylation sites (tertiary alicyclic amines) is 1. The number of non-ortho nitro benzene ring substituents is 1. The lowest BCUT2D eigenvalue weighted by Crippen LogP contribution is -2.46. The van der Waals surface area contributed by atoms with Gasteiger partial charge in [0.1, 0.15) is 17.3 Å². The molecule has 1 saturated heterocycles. The number of hydrogen-bond acceptors (Lipinski definition) is 7. The van der Waals surface area contributed by atoms with Crippen molar-refractivity contribution in [3.63, 3.8) is 0 Å². The molecule has 1 unspecified atom stereocenters. The van der Waals surface area contributed by atoms with E-state index in [0.717, 1.165) is 6.42 Å². The molecule has 2 heterocycles. The Hall–Kier alpha value is -3.23. The summed E-state index contributed by atoms with van der Waals surface area (Å²) < 4.78 is 10.7. The van der Waals surface area contributed by atoms with E-state index in [1.807, 2.05) is 20.8 Å². The Morgan fingerprint density at radius 2 is 2.07 bits per heavy atom. The molecular formula is C20H23N3O6. The number of pyridine rings is 1. The van der Waals surface area contributed by atoms with Crippen molar-refractivity contribution < 1.29 is 24.0 Å². The molecule has 1 atom stereocenters. The first-order valence-electron chi connectivity index (χ1n) is 9.33. The lowest BCUT2D eigenvalue weighted by molar-refractivity contribution is -0.383. The first-order chi connectivity index (χ1) is 13.7. The summed E-state index contributed by atoms with van der Waals surface area (Å²) in [5, 5.41) is 11.5. The molecule has 1 aromatic carbocycles. The van der Waals surface area contributed by atoms with Gasteiger partial charge in [-0.3, -0.25) is 19.9 Å². The molecule has 3 rings (SSSR count). The number of hydrogen-bond donors (Lipinski definition) is 0. The van der Waals surface area contributed by atoms with Crippen LogP contribution in [0.25, 0.3) is 10.9 Å². The highest BCUT2D eigenvalue weighted by atomic mass is 16.7. The summed E-state index contributed by atoms with van der Waals surface area (Å²) in [6.07, 6.45) is 2.78. The summed E-state index contributed by atoms with van der Waals surface area (Å²) >= 11 is 0. The Morgan fingerprint density at radius 1 is 1.31 bits per heavy atom. The minimum Gasteiger partial charge on any atom is -0.455 e. The zero-order chi connectivity index (χ0) is 21.2. The topological polar surface area (TPSA) is 112 Å². The number of amides is 1. The smallest absolute Gasteiger partial charge is 0.331 e. The second-order valence-electron chi connectivity index (χ2n) is 7.87. The molecule has 9 nitrogen and oxygen atoms in total. The SMILES string of the molecule is CC(C)(C)C(=O)N1CCCC1C(=O)OCOc1ccc([N+](=O)[O-])c2cccnc12. The van der Waals surface area contributed by atoms with Crippen LogP contribution in [0.3, 0.4) is 0 Å². The number of nitrogens with zero attached hydrogens (tertiary/aromatic N) is 3. The van der Waals surface area contributed by atoms with Crippen LogP contribution in [0.5, 0.6) is 5.75 Å². The summed E-state index contributed by atoms with van der Waals surface area (Å²) in [5.41, 5.74) is -0.356. The van der Waals surface area contributed by atoms with Gasteiger partial charge in [-0.05, 0) is 31.0 Å². The maximum atomic E-state index is 12.5. The average molecular weight is 401 g/mol. The number of carbonyl (C=O) groups is 2. The fourth-order valence-electron chi connectivity index (χ4n) is 3.34. The third-order valence-electron chi connectivity index (χ3n) is 4.75. The number of benzene rings is 1. The van der Waals surface area contributed by atoms with Gasteiger partial charge in [-0.1, -0.05) is 20.8 Å². The molecule has 0 bridgehead atoms. The molecule has 1 aliphatic heterocycles. The van der Waals surface area contributed by atoms with Gasteiger partial charge in [0.25, 0.3) is 5.69 Å². The molecule has 2 aromatic rings. The van der Waals surface area contributed by atoms with Crippen molar-refractivity contribution in [1.29, 1.82) is 0 Å². The zero-order valence-electron chi connectivity index (χ0n) is 16.6. The number of carbonyl (C=O) groups excluding carboxylic acids is 2. The van der Waals surface area contributed by atoms with E-state index < -0.39 is 22.3 Å². The number of ether oxygens (including phenoxy) is 2. The number of nitro benzene ring substituents is 1. The van der Waals surface area contributed by atoms with Crippen molar-refractivity contribution >= 4 is 28.5 Å². The molecule has 0 radical (unpaired) electrons. The average Bonchev–Trinajstić information content (AvgIpc) is 3.16. The first kappa shape index (κ1) is 20.5. The molecule has 0 spiro atoms. The van der Waals surface area contributed by atoms with Crippen molar-refractivity contribution in [2.24, 2.45) is 5.41 Å². The fraction of sp³-hybridized carbons (Fsp3) is 0.450. The van der Waals surface area contributed by atoms with Crippen molar-refractivity contribution in [3.8, 4) is 5.75 Å². The van der Waals surface area contributed by atoms with Crippen molar-refractivity contribution in [2.45, 2.75) is 39.7 Å². The quantitative estimate of drug-likeness (QED) is 0.327. The second kappa shape index (κ2) is 8.02. The van der Waals surface area contributed by atoms with E-state index in [1.54, 1.807) is 17.0 Å². The summed E-state index contributed by atoms with van der Waals surface area (Å²) in [4.78, 5) is 41.4. The van der Waals surface area contributed by atoms with Crippen molar-refractivity contribution in [1.82, 2.24) is 9.88 Å². The first-order valence-corrected chi connectivity index (χ1v) is 9.33. The van der Waals surface area contributed by atoms with E-state index in [0.29, 0.717) is 23.9 Å². The van der Waals surface area contributed by atoms with Crippen LogP contribution in [-0.2, 0) is 14.3 Å². The maximum Gasteiger partial charge on any atom is 0.331 e. The minimum absolute atomic E-state index is 0.0836. The normalized spacial score (nSPS) is 16.7. The molecule has 0 aliphatic carbocycles. The van der Waals surface area contributed by atoms with Crippen LogP contribution in [-0.4, -0.2) is 46.1 Å². The van der Waals surface area contributed by atoms with Crippen molar-refractivity contribution in [3.05, 3.63) is 40.6 Å².